The second kappa shape index (κ2) is 7.31. The van der Waals surface area contributed by atoms with Crippen molar-refractivity contribution in [3.63, 3.8) is 0 Å². The summed E-state index contributed by atoms with van der Waals surface area (Å²) in [4.78, 5) is 23.7. The van der Waals surface area contributed by atoms with Crippen molar-refractivity contribution in [1.29, 1.82) is 0 Å². The quantitative estimate of drug-likeness (QED) is 0.889. The highest BCUT2D eigenvalue weighted by atomic mass is 16.3. The molecule has 26 heavy (non-hydrogen) atoms. The van der Waals surface area contributed by atoms with Crippen LogP contribution < -0.4 is 4.90 Å². The van der Waals surface area contributed by atoms with Gasteiger partial charge in [-0.3, -0.25) is 14.8 Å². The van der Waals surface area contributed by atoms with Crippen molar-refractivity contribution in [3.05, 3.63) is 30.2 Å². The fraction of sp³-hybridized carbons (Fsp3) is 0.571. The minimum absolute atomic E-state index is 0.144. The van der Waals surface area contributed by atoms with Crippen molar-refractivity contribution in [2.75, 3.05) is 18.0 Å². The van der Waals surface area contributed by atoms with Gasteiger partial charge in [0.25, 0.3) is 0 Å². The number of anilines is 1. The SMILES string of the molecule is Cc1ncc(N2C[C@@H](C)C[C@@H](CC(=O)CC(C)(C)O)C2)c2cccnc12. The third kappa shape index (κ3) is 4.39. The lowest BCUT2D eigenvalue weighted by Gasteiger charge is -2.38. The summed E-state index contributed by atoms with van der Waals surface area (Å²) in [6.45, 7) is 9.41. The van der Waals surface area contributed by atoms with E-state index in [9.17, 15) is 9.90 Å². The van der Waals surface area contributed by atoms with E-state index in [0.29, 0.717) is 18.3 Å². The molecule has 3 heterocycles. The Morgan fingerprint density at radius 3 is 2.85 bits per heavy atom. The molecule has 0 amide bonds. The van der Waals surface area contributed by atoms with Crippen molar-refractivity contribution in [2.24, 2.45) is 11.8 Å². The molecule has 1 fully saturated rings. The first-order valence-corrected chi connectivity index (χ1v) is 9.42. The first kappa shape index (κ1) is 18.8. The van der Waals surface area contributed by atoms with Gasteiger partial charge in [-0.1, -0.05) is 6.92 Å². The number of hydrogen-bond acceptors (Lipinski definition) is 5. The van der Waals surface area contributed by atoms with Crippen molar-refractivity contribution in [2.45, 2.75) is 52.6 Å². The molecule has 1 aliphatic rings. The number of piperidine rings is 1. The first-order chi connectivity index (χ1) is 12.2. The van der Waals surface area contributed by atoms with Gasteiger partial charge in [-0.15, -0.1) is 0 Å². The second-order valence-corrected chi connectivity index (χ2v) is 8.47. The number of pyridine rings is 2. The summed E-state index contributed by atoms with van der Waals surface area (Å²) >= 11 is 0. The average Bonchev–Trinajstić information content (AvgIpc) is 2.53. The van der Waals surface area contributed by atoms with Crippen LogP contribution in [-0.2, 0) is 4.79 Å². The fourth-order valence-electron chi connectivity index (χ4n) is 4.14. The minimum Gasteiger partial charge on any atom is -0.390 e. The summed E-state index contributed by atoms with van der Waals surface area (Å²) in [5, 5.41) is 11.0. The second-order valence-electron chi connectivity index (χ2n) is 8.47. The predicted octanol–water partition coefficient (Wildman–Crippen LogP) is 3.52. The summed E-state index contributed by atoms with van der Waals surface area (Å²) in [6, 6.07) is 4.06. The third-order valence-electron chi connectivity index (χ3n) is 5.04. The minimum atomic E-state index is -0.931. The zero-order valence-electron chi connectivity index (χ0n) is 16.2. The molecule has 0 aromatic carbocycles. The number of Topliss-reactive ketones (excluding diaryl/α,β-unsaturated/α-hetero) is 1. The van der Waals surface area contributed by atoms with Crippen LogP contribution in [-0.4, -0.2) is 39.5 Å². The van der Waals surface area contributed by atoms with Crippen LogP contribution in [0.3, 0.4) is 0 Å². The number of rotatable bonds is 5. The standard InChI is InChI=1S/C21H29N3O2/c1-14-8-16(9-17(25)10-21(3,4)26)13-24(12-14)19-11-23-15(2)20-18(19)6-5-7-22-20/h5-7,11,14,16,26H,8-10,12-13H2,1-4H3/t14-,16-/m0/s1. The topological polar surface area (TPSA) is 66.3 Å². The average molecular weight is 355 g/mol. The molecule has 0 bridgehead atoms. The highest BCUT2D eigenvalue weighted by molar-refractivity contribution is 5.92. The Hall–Kier alpha value is -2.01. The van der Waals surface area contributed by atoms with Gasteiger partial charge < -0.3 is 10.0 Å². The fourth-order valence-corrected chi connectivity index (χ4v) is 4.14. The first-order valence-electron chi connectivity index (χ1n) is 9.42. The maximum absolute atomic E-state index is 12.3. The van der Waals surface area contributed by atoms with E-state index in [4.69, 9.17) is 0 Å². The molecule has 2 atom stereocenters. The van der Waals surface area contributed by atoms with Crippen LogP contribution in [0.5, 0.6) is 0 Å². The number of nitrogens with zero attached hydrogens (tertiary/aromatic N) is 3. The molecule has 1 aliphatic heterocycles. The molecule has 0 radical (unpaired) electrons. The summed E-state index contributed by atoms with van der Waals surface area (Å²) < 4.78 is 0. The molecular formula is C21H29N3O2. The molecule has 1 N–H and O–H groups in total. The van der Waals surface area contributed by atoms with Crippen molar-refractivity contribution < 1.29 is 9.90 Å². The van der Waals surface area contributed by atoms with E-state index in [0.717, 1.165) is 41.8 Å². The van der Waals surface area contributed by atoms with Crippen LogP contribution in [0.1, 0.15) is 45.7 Å². The Morgan fingerprint density at radius 2 is 2.12 bits per heavy atom. The number of fused-ring (bicyclic) bond motifs is 1. The molecule has 5 heteroatoms. The number of ketones is 1. The Labute approximate surface area is 155 Å². The molecule has 5 nitrogen and oxygen atoms in total. The van der Waals surface area contributed by atoms with E-state index in [-0.39, 0.29) is 12.2 Å². The van der Waals surface area contributed by atoms with Gasteiger partial charge in [-0.05, 0) is 51.2 Å². The highest BCUT2D eigenvalue weighted by Gasteiger charge is 2.29. The molecule has 2 aromatic heterocycles. The molecule has 1 saturated heterocycles. The Morgan fingerprint density at radius 1 is 1.35 bits per heavy atom. The van der Waals surface area contributed by atoms with E-state index >= 15 is 0 Å². The lowest BCUT2D eigenvalue weighted by Crippen LogP contribution is -2.41. The van der Waals surface area contributed by atoms with Crippen LogP contribution in [0, 0.1) is 18.8 Å². The van der Waals surface area contributed by atoms with E-state index in [1.165, 1.54) is 0 Å². The molecular weight excluding hydrogens is 326 g/mol. The van der Waals surface area contributed by atoms with Gasteiger partial charge in [-0.2, -0.15) is 0 Å². The number of aromatic nitrogens is 2. The molecule has 0 aliphatic carbocycles. The Kier molecular flexibility index (Phi) is 5.28. The molecule has 140 valence electrons. The van der Waals surface area contributed by atoms with Gasteiger partial charge >= 0.3 is 0 Å². The van der Waals surface area contributed by atoms with Gasteiger partial charge in [-0.25, -0.2) is 0 Å². The normalized spacial score (nSPS) is 21.2. The van der Waals surface area contributed by atoms with Gasteiger partial charge in [0.1, 0.15) is 5.78 Å². The summed E-state index contributed by atoms with van der Waals surface area (Å²) in [5.41, 5.74) is 2.05. The van der Waals surface area contributed by atoms with Crippen LogP contribution in [0.15, 0.2) is 24.5 Å². The maximum atomic E-state index is 12.3. The van der Waals surface area contributed by atoms with Crippen molar-refractivity contribution in [1.82, 2.24) is 9.97 Å². The van der Waals surface area contributed by atoms with Crippen LogP contribution in [0.4, 0.5) is 5.69 Å². The molecule has 0 unspecified atom stereocenters. The molecule has 0 spiro atoms. The monoisotopic (exact) mass is 355 g/mol. The number of carbonyl (C=O) groups excluding carboxylic acids is 1. The van der Waals surface area contributed by atoms with Crippen molar-refractivity contribution in [3.8, 4) is 0 Å². The Balaban J connectivity index is 1.81. The molecule has 2 aromatic rings. The highest BCUT2D eigenvalue weighted by Crippen LogP contribution is 2.33. The lowest BCUT2D eigenvalue weighted by molar-refractivity contribution is -0.123. The molecule has 0 saturated carbocycles. The third-order valence-corrected chi connectivity index (χ3v) is 5.04. The van der Waals surface area contributed by atoms with Crippen LogP contribution >= 0.6 is 0 Å². The predicted molar refractivity (Wildman–Crippen MR) is 104 cm³/mol. The number of hydrogen-bond donors (Lipinski definition) is 1. The number of carbonyl (C=O) groups is 1. The smallest absolute Gasteiger partial charge is 0.136 e. The van der Waals surface area contributed by atoms with Gasteiger partial charge in [0.05, 0.1) is 28.7 Å². The van der Waals surface area contributed by atoms with Crippen LogP contribution in [0.25, 0.3) is 10.9 Å². The van der Waals surface area contributed by atoms with Gasteiger partial charge in [0.15, 0.2) is 0 Å². The van der Waals surface area contributed by atoms with Crippen LogP contribution in [0.2, 0.25) is 0 Å². The summed E-state index contributed by atoms with van der Waals surface area (Å²) in [7, 11) is 0. The molecule has 3 rings (SSSR count). The van der Waals surface area contributed by atoms with Gasteiger partial charge in [0.2, 0.25) is 0 Å². The van der Waals surface area contributed by atoms with E-state index < -0.39 is 5.60 Å². The van der Waals surface area contributed by atoms with E-state index in [2.05, 4.69) is 27.9 Å². The zero-order valence-corrected chi connectivity index (χ0v) is 16.2. The summed E-state index contributed by atoms with van der Waals surface area (Å²) in [6.07, 6.45) is 5.53. The lowest BCUT2D eigenvalue weighted by atomic mass is 9.85. The van der Waals surface area contributed by atoms with E-state index in [1.54, 1.807) is 20.0 Å². The van der Waals surface area contributed by atoms with E-state index in [1.807, 2.05) is 19.2 Å². The number of aliphatic hydroxyl groups is 1. The van der Waals surface area contributed by atoms with Gasteiger partial charge in [0, 0.05) is 37.5 Å². The zero-order chi connectivity index (χ0) is 18.9. The van der Waals surface area contributed by atoms with Crippen molar-refractivity contribution >= 4 is 22.4 Å². The number of aryl methyl sites for hydroxylation is 1. The maximum Gasteiger partial charge on any atom is 0.136 e. The largest absolute Gasteiger partial charge is 0.390 e. The summed E-state index contributed by atoms with van der Waals surface area (Å²) in [5.74, 6) is 0.962. The Bertz CT molecular complexity index is 797.